The number of phenols is 1. The van der Waals surface area contributed by atoms with Crippen LogP contribution in [0.1, 0.15) is 25.0 Å². The third-order valence-corrected chi connectivity index (χ3v) is 4.01. The number of nitrogens with zero attached hydrogens (tertiary/aromatic N) is 3. The molecule has 2 aromatic rings. The third-order valence-electron chi connectivity index (χ3n) is 4.01. The molecule has 0 fully saturated rings. The number of guanidine groups is 1. The van der Waals surface area contributed by atoms with Gasteiger partial charge in [0.05, 0.1) is 6.54 Å². The average molecular weight is 350 g/mol. The second-order valence-corrected chi connectivity index (χ2v) is 6.42. The zero-order chi connectivity index (χ0) is 18.5. The molecule has 2 aromatic carbocycles. The number of aliphatic imine (C=N–C) groups is 1. The minimum atomic E-state index is -0.502. The van der Waals surface area contributed by atoms with Crippen molar-refractivity contribution < 1.29 is 9.90 Å². The Morgan fingerprint density at radius 3 is 2.46 bits per heavy atom. The van der Waals surface area contributed by atoms with Gasteiger partial charge in [0.2, 0.25) is 5.96 Å². The van der Waals surface area contributed by atoms with E-state index < -0.39 is 6.04 Å². The van der Waals surface area contributed by atoms with Gasteiger partial charge in [0.1, 0.15) is 11.8 Å². The van der Waals surface area contributed by atoms with Crippen LogP contribution in [0.15, 0.2) is 64.7 Å². The zero-order valence-corrected chi connectivity index (χ0v) is 14.9. The van der Waals surface area contributed by atoms with Crippen LogP contribution in [0.25, 0.3) is 0 Å². The van der Waals surface area contributed by atoms with Gasteiger partial charge >= 0.3 is 0 Å². The molecule has 0 spiro atoms. The lowest BCUT2D eigenvalue weighted by Gasteiger charge is -2.18. The van der Waals surface area contributed by atoms with Crippen LogP contribution in [0.5, 0.6) is 5.75 Å². The van der Waals surface area contributed by atoms with Crippen LogP contribution in [0.4, 0.5) is 0 Å². The van der Waals surface area contributed by atoms with Crippen molar-refractivity contribution >= 4 is 17.6 Å². The second kappa shape index (κ2) is 7.82. The van der Waals surface area contributed by atoms with Crippen LogP contribution in [0, 0.1) is 0 Å². The van der Waals surface area contributed by atoms with Gasteiger partial charge in [-0.2, -0.15) is 5.10 Å². The van der Waals surface area contributed by atoms with Gasteiger partial charge in [-0.25, -0.2) is 10.4 Å². The zero-order valence-electron chi connectivity index (χ0n) is 14.9. The molecular formula is C20H22N4O2. The molecule has 1 heterocycles. The minimum Gasteiger partial charge on any atom is -0.508 e. The summed E-state index contributed by atoms with van der Waals surface area (Å²) in [6, 6.07) is 16.1. The van der Waals surface area contributed by atoms with E-state index in [1.54, 1.807) is 29.2 Å². The summed E-state index contributed by atoms with van der Waals surface area (Å²) >= 11 is 0. The minimum absolute atomic E-state index is 0.0617. The molecule has 6 heteroatoms. The van der Waals surface area contributed by atoms with Gasteiger partial charge in [0.15, 0.2) is 0 Å². The van der Waals surface area contributed by atoms with E-state index in [4.69, 9.17) is 0 Å². The summed E-state index contributed by atoms with van der Waals surface area (Å²) in [6.07, 6.45) is 0.477. The van der Waals surface area contributed by atoms with Crippen molar-refractivity contribution in [3.63, 3.8) is 0 Å². The van der Waals surface area contributed by atoms with Crippen LogP contribution in [-0.4, -0.2) is 33.6 Å². The van der Waals surface area contributed by atoms with Gasteiger partial charge in [0, 0.05) is 12.1 Å². The molecule has 1 amide bonds. The SMILES string of the molecule is CC(C)=NNC1=NC(Cc2ccc(O)cc2)C(=O)N1Cc1ccccc1. The first-order valence-electron chi connectivity index (χ1n) is 8.51. The van der Waals surface area contributed by atoms with Crippen LogP contribution in [-0.2, 0) is 17.8 Å². The number of phenolic OH excluding ortho intramolecular Hbond substituents is 1. The number of hydrogen-bond donors (Lipinski definition) is 2. The maximum atomic E-state index is 12.9. The number of hydrazone groups is 1. The fraction of sp³-hybridized carbons (Fsp3) is 0.250. The van der Waals surface area contributed by atoms with E-state index in [1.807, 2.05) is 44.2 Å². The topological polar surface area (TPSA) is 77.3 Å². The highest BCUT2D eigenvalue weighted by Crippen LogP contribution is 2.19. The van der Waals surface area contributed by atoms with Gasteiger partial charge in [-0.05, 0) is 37.1 Å². The fourth-order valence-corrected chi connectivity index (χ4v) is 2.71. The van der Waals surface area contributed by atoms with Crippen molar-refractivity contribution in [2.75, 3.05) is 0 Å². The highest BCUT2D eigenvalue weighted by atomic mass is 16.3. The third kappa shape index (κ3) is 4.27. The Labute approximate surface area is 152 Å². The van der Waals surface area contributed by atoms with Crippen LogP contribution in [0.3, 0.4) is 0 Å². The van der Waals surface area contributed by atoms with E-state index in [9.17, 15) is 9.90 Å². The predicted octanol–water partition coefficient (Wildman–Crippen LogP) is 2.69. The monoisotopic (exact) mass is 350 g/mol. The summed E-state index contributed by atoms with van der Waals surface area (Å²) in [4.78, 5) is 19.1. The summed E-state index contributed by atoms with van der Waals surface area (Å²) in [7, 11) is 0. The quantitative estimate of drug-likeness (QED) is 0.643. The number of aromatic hydroxyl groups is 1. The van der Waals surface area contributed by atoms with Crippen molar-refractivity contribution in [2.45, 2.75) is 32.9 Å². The van der Waals surface area contributed by atoms with E-state index in [1.165, 1.54) is 0 Å². The predicted molar refractivity (Wildman–Crippen MR) is 102 cm³/mol. The molecule has 1 atom stereocenters. The largest absolute Gasteiger partial charge is 0.508 e. The van der Waals surface area contributed by atoms with Crippen molar-refractivity contribution in [2.24, 2.45) is 10.1 Å². The van der Waals surface area contributed by atoms with E-state index >= 15 is 0 Å². The Balaban J connectivity index is 1.80. The molecule has 0 radical (unpaired) electrons. The lowest BCUT2D eigenvalue weighted by atomic mass is 10.1. The molecule has 0 bridgehead atoms. The van der Waals surface area contributed by atoms with Crippen molar-refractivity contribution in [3.8, 4) is 5.75 Å². The fourth-order valence-electron chi connectivity index (χ4n) is 2.71. The molecule has 0 aliphatic carbocycles. The van der Waals surface area contributed by atoms with Gasteiger partial charge in [-0.3, -0.25) is 9.69 Å². The summed E-state index contributed by atoms with van der Waals surface area (Å²) < 4.78 is 0. The summed E-state index contributed by atoms with van der Waals surface area (Å²) in [5, 5.41) is 13.6. The molecule has 1 aliphatic rings. The average Bonchev–Trinajstić information content (AvgIpc) is 2.92. The number of hydrogen-bond acceptors (Lipinski definition) is 5. The van der Waals surface area contributed by atoms with Crippen LogP contribution < -0.4 is 5.43 Å². The summed E-state index contributed by atoms with van der Waals surface area (Å²) in [5.41, 5.74) is 5.73. The van der Waals surface area contributed by atoms with Crippen molar-refractivity contribution in [3.05, 3.63) is 65.7 Å². The van der Waals surface area contributed by atoms with E-state index in [-0.39, 0.29) is 11.7 Å². The summed E-state index contributed by atoms with van der Waals surface area (Å²) in [5.74, 6) is 0.605. The Bertz CT molecular complexity index is 825. The van der Waals surface area contributed by atoms with Crippen molar-refractivity contribution in [1.29, 1.82) is 0 Å². The molecule has 26 heavy (non-hydrogen) atoms. The molecule has 0 saturated carbocycles. The Hall–Kier alpha value is -3.15. The molecule has 0 saturated heterocycles. The molecule has 2 N–H and O–H groups in total. The van der Waals surface area contributed by atoms with Gasteiger partial charge in [0.25, 0.3) is 5.91 Å². The number of amides is 1. The molecule has 6 nitrogen and oxygen atoms in total. The normalized spacial score (nSPS) is 16.4. The van der Waals surface area contributed by atoms with Gasteiger partial charge in [-0.1, -0.05) is 42.5 Å². The number of benzene rings is 2. The molecule has 0 aromatic heterocycles. The Morgan fingerprint density at radius 2 is 1.81 bits per heavy atom. The molecule has 1 aliphatic heterocycles. The van der Waals surface area contributed by atoms with Gasteiger partial charge in [-0.15, -0.1) is 0 Å². The Morgan fingerprint density at radius 1 is 1.12 bits per heavy atom. The van der Waals surface area contributed by atoms with Crippen LogP contribution >= 0.6 is 0 Å². The van der Waals surface area contributed by atoms with E-state index in [0.29, 0.717) is 18.9 Å². The molecule has 1 unspecified atom stereocenters. The lowest BCUT2D eigenvalue weighted by molar-refractivity contribution is -0.127. The molecular weight excluding hydrogens is 328 g/mol. The van der Waals surface area contributed by atoms with Gasteiger partial charge < -0.3 is 5.11 Å². The maximum Gasteiger partial charge on any atom is 0.254 e. The smallest absolute Gasteiger partial charge is 0.254 e. The standard InChI is InChI=1S/C20H22N4O2/c1-14(2)22-23-20-21-18(12-15-8-10-17(25)11-9-15)19(26)24(20)13-16-6-4-3-5-7-16/h3-11,18,25H,12-13H2,1-2H3,(H,21,23). The number of carbonyl (C=O) groups is 1. The lowest BCUT2D eigenvalue weighted by Crippen LogP contribution is -2.40. The Kier molecular flexibility index (Phi) is 5.31. The summed E-state index contributed by atoms with van der Waals surface area (Å²) in [6.45, 7) is 4.19. The first-order valence-corrected chi connectivity index (χ1v) is 8.51. The molecule has 3 rings (SSSR count). The maximum absolute atomic E-state index is 12.9. The molecule has 134 valence electrons. The first-order chi connectivity index (χ1) is 12.5. The highest BCUT2D eigenvalue weighted by Gasteiger charge is 2.34. The number of carbonyl (C=O) groups excluding carboxylic acids is 1. The van der Waals surface area contributed by atoms with E-state index in [2.05, 4.69) is 15.5 Å². The highest BCUT2D eigenvalue weighted by molar-refractivity contribution is 6.05. The van der Waals surface area contributed by atoms with Crippen LogP contribution in [0.2, 0.25) is 0 Å². The second-order valence-electron chi connectivity index (χ2n) is 6.42. The number of nitrogens with one attached hydrogen (secondary N) is 1. The van der Waals surface area contributed by atoms with Crippen molar-refractivity contribution in [1.82, 2.24) is 10.3 Å². The van der Waals surface area contributed by atoms with E-state index in [0.717, 1.165) is 16.8 Å². The number of rotatable bonds is 5. The first kappa shape index (κ1) is 17.7.